The van der Waals surface area contributed by atoms with Crippen LogP contribution in [0.4, 0.5) is 0 Å². The molecule has 1 heterocycles. The van der Waals surface area contributed by atoms with E-state index in [1.807, 2.05) is 41.2 Å². The van der Waals surface area contributed by atoms with E-state index in [0.29, 0.717) is 0 Å². The van der Waals surface area contributed by atoms with Gasteiger partial charge in [-0.1, -0.05) is 6.07 Å². The SMILES string of the molecule is O=C(O)C1CCc2cc(-n3cccc3)ccc21. The molecule has 1 atom stereocenters. The van der Waals surface area contributed by atoms with E-state index in [2.05, 4.69) is 6.07 Å². The summed E-state index contributed by atoms with van der Waals surface area (Å²) in [6.07, 6.45) is 5.57. The second-order valence-corrected chi connectivity index (χ2v) is 4.40. The first-order valence-corrected chi connectivity index (χ1v) is 5.74. The van der Waals surface area contributed by atoms with Crippen molar-refractivity contribution in [1.29, 1.82) is 0 Å². The van der Waals surface area contributed by atoms with Crippen LogP contribution in [0.25, 0.3) is 5.69 Å². The van der Waals surface area contributed by atoms with Gasteiger partial charge in [-0.3, -0.25) is 4.79 Å². The van der Waals surface area contributed by atoms with Crippen molar-refractivity contribution in [2.24, 2.45) is 0 Å². The van der Waals surface area contributed by atoms with Crippen LogP contribution in [0.2, 0.25) is 0 Å². The molecule has 1 N–H and O–H groups in total. The van der Waals surface area contributed by atoms with E-state index in [1.165, 1.54) is 5.56 Å². The van der Waals surface area contributed by atoms with E-state index in [4.69, 9.17) is 5.11 Å². The number of benzene rings is 1. The van der Waals surface area contributed by atoms with Crippen LogP contribution in [0.3, 0.4) is 0 Å². The van der Waals surface area contributed by atoms with Crippen molar-refractivity contribution in [1.82, 2.24) is 4.57 Å². The van der Waals surface area contributed by atoms with Crippen molar-refractivity contribution >= 4 is 5.97 Å². The standard InChI is InChI=1S/C14H13NO2/c16-14(17)13-5-3-10-9-11(4-6-12(10)13)15-7-1-2-8-15/h1-2,4,6-9,13H,3,5H2,(H,16,17). The van der Waals surface area contributed by atoms with Crippen molar-refractivity contribution in [3.05, 3.63) is 53.9 Å². The summed E-state index contributed by atoms with van der Waals surface area (Å²) in [6, 6.07) is 10.00. The lowest BCUT2D eigenvalue weighted by Crippen LogP contribution is -2.07. The molecule has 1 aliphatic carbocycles. The summed E-state index contributed by atoms with van der Waals surface area (Å²) in [5.74, 6) is -1.03. The van der Waals surface area contributed by atoms with E-state index < -0.39 is 5.97 Å². The lowest BCUT2D eigenvalue weighted by molar-refractivity contribution is -0.138. The van der Waals surface area contributed by atoms with Gasteiger partial charge in [0.1, 0.15) is 0 Å². The Kier molecular flexibility index (Phi) is 2.25. The number of aliphatic carboxylic acids is 1. The van der Waals surface area contributed by atoms with Gasteiger partial charge >= 0.3 is 5.97 Å². The highest BCUT2D eigenvalue weighted by Gasteiger charge is 2.28. The summed E-state index contributed by atoms with van der Waals surface area (Å²) >= 11 is 0. The first-order chi connectivity index (χ1) is 8.25. The van der Waals surface area contributed by atoms with E-state index in [0.717, 1.165) is 24.1 Å². The second kappa shape index (κ2) is 3.77. The molecule has 1 aromatic carbocycles. The Hall–Kier alpha value is -2.03. The lowest BCUT2D eigenvalue weighted by Gasteiger charge is -2.08. The van der Waals surface area contributed by atoms with Gasteiger partial charge in [0.05, 0.1) is 5.92 Å². The monoisotopic (exact) mass is 227 g/mol. The average Bonchev–Trinajstić information content (AvgIpc) is 2.97. The molecule has 1 unspecified atom stereocenters. The van der Waals surface area contributed by atoms with Crippen LogP contribution in [0.1, 0.15) is 23.5 Å². The molecule has 1 aromatic heterocycles. The van der Waals surface area contributed by atoms with Gasteiger partial charge in [0.15, 0.2) is 0 Å². The van der Waals surface area contributed by atoms with Crippen molar-refractivity contribution in [3.8, 4) is 5.69 Å². The van der Waals surface area contributed by atoms with Crippen molar-refractivity contribution in [2.45, 2.75) is 18.8 Å². The van der Waals surface area contributed by atoms with Crippen LogP contribution < -0.4 is 0 Å². The van der Waals surface area contributed by atoms with Gasteiger partial charge in [-0.05, 0) is 48.2 Å². The number of aryl methyl sites for hydroxylation is 1. The van der Waals surface area contributed by atoms with Gasteiger partial charge in [0.2, 0.25) is 0 Å². The summed E-state index contributed by atoms with van der Waals surface area (Å²) in [7, 11) is 0. The predicted molar refractivity (Wildman–Crippen MR) is 64.5 cm³/mol. The highest BCUT2D eigenvalue weighted by molar-refractivity contribution is 5.78. The number of nitrogens with zero attached hydrogens (tertiary/aromatic N) is 1. The number of rotatable bonds is 2. The second-order valence-electron chi connectivity index (χ2n) is 4.40. The van der Waals surface area contributed by atoms with Crippen molar-refractivity contribution < 1.29 is 9.90 Å². The zero-order valence-electron chi connectivity index (χ0n) is 9.34. The zero-order valence-corrected chi connectivity index (χ0v) is 9.34. The molecule has 0 bridgehead atoms. The Balaban J connectivity index is 2.02. The summed E-state index contributed by atoms with van der Waals surface area (Å²) < 4.78 is 2.04. The number of carboxylic acids is 1. The topological polar surface area (TPSA) is 42.2 Å². The van der Waals surface area contributed by atoms with Gasteiger partial charge in [-0.2, -0.15) is 0 Å². The molecular formula is C14H13NO2. The number of carboxylic acid groups (broad SMARTS) is 1. The Morgan fingerprint density at radius 1 is 1.29 bits per heavy atom. The maximum absolute atomic E-state index is 11.1. The molecule has 0 amide bonds. The Bertz CT molecular complexity index is 558. The molecule has 86 valence electrons. The van der Waals surface area contributed by atoms with Gasteiger partial charge in [0, 0.05) is 18.1 Å². The third-order valence-electron chi connectivity index (χ3n) is 3.41. The third kappa shape index (κ3) is 1.64. The zero-order chi connectivity index (χ0) is 11.8. The van der Waals surface area contributed by atoms with Gasteiger partial charge in [0.25, 0.3) is 0 Å². The molecule has 0 aliphatic heterocycles. The van der Waals surface area contributed by atoms with Gasteiger partial charge in [-0.25, -0.2) is 0 Å². The molecule has 0 fully saturated rings. The van der Waals surface area contributed by atoms with Gasteiger partial charge < -0.3 is 9.67 Å². The number of aromatic nitrogens is 1. The van der Waals surface area contributed by atoms with Crippen LogP contribution in [0.5, 0.6) is 0 Å². The van der Waals surface area contributed by atoms with Crippen molar-refractivity contribution in [3.63, 3.8) is 0 Å². The summed E-state index contributed by atoms with van der Waals surface area (Å²) in [6.45, 7) is 0. The van der Waals surface area contributed by atoms with Crippen LogP contribution in [0, 0.1) is 0 Å². The third-order valence-corrected chi connectivity index (χ3v) is 3.41. The summed E-state index contributed by atoms with van der Waals surface area (Å²) in [5, 5.41) is 9.11. The first-order valence-electron chi connectivity index (χ1n) is 5.74. The minimum atomic E-state index is -0.711. The van der Waals surface area contributed by atoms with Crippen LogP contribution in [-0.4, -0.2) is 15.6 Å². The molecule has 0 radical (unpaired) electrons. The van der Waals surface area contributed by atoms with Crippen LogP contribution in [0.15, 0.2) is 42.7 Å². The molecule has 3 nitrogen and oxygen atoms in total. The minimum absolute atomic E-state index is 0.316. The predicted octanol–water partition coefficient (Wildman–Crippen LogP) is 2.59. The van der Waals surface area contributed by atoms with Crippen LogP contribution in [-0.2, 0) is 11.2 Å². The normalized spacial score (nSPS) is 18.0. The molecule has 1 aliphatic rings. The van der Waals surface area contributed by atoms with Gasteiger partial charge in [-0.15, -0.1) is 0 Å². The fourth-order valence-electron chi connectivity index (χ4n) is 2.53. The Labute approximate surface area is 99.3 Å². The minimum Gasteiger partial charge on any atom is -0.481 e. The van der Waals surface area contributed by atoms with E-state index in [9.17, 15) is 4.79 Å². The maximum atomic E-state index is 11.1. The van der Waals surface area contributed by atoms with E-state index in [1.54, 1.807) is 0 Å². The van der Waals surface area contributed by atoms with Crippen molar-refractivity contribution in [2.75, 3.05) is 0 Å². The molecule has 2 aromatic rings. The van der Waals surface area contributed by atoms with E-state index >= 15 is 0 Å². The number of hydrogen-bond acceptors (Lipinski definition) is 1. The average molecular weight is 227 g/mol. The summed E-state index contributed by atoms with van der Waals surface area (Å²) in [4.78, 5) is 11.1. The summed E-state index contributed by atoms with van der Waals surface area (Å²) in [5.41, 5.74) is 3.25. The largest absolute Gasteiger partial charge is 0.481 e. The molecule has 0 spiro atoms. The lowest BCUT2D eigenvalue weighted by atomic mass is 10.0. The molecule has 3 heteroatoms. The van der Waals surface area contributed by atoms with Crippen LogP contribution >= 0.6 is 0 Å². The quantitative estimate of drug-likeness (QED) is 0.856. The fraction of sp³-hybridized carbons (Fsp3) is 0.214. The van der Waals surface area contributed by atoms with E-state index in [-0.39, 0.29) is 5.92 Å². The number of hydrogen-bond donors (Lipinski definition) is 1. The molecule has 17 heavy (non-hydrogen) atoms. The smallest absolute Gasteiger partial charge is 0.310 e. The molecule has 0 saturated carbocycles. The number of fused-ring (bicyclic) bond motifs is 1. The fourth-order valence-corrected chi connectivity index (χ4v) is 2.53. The Morgan fingerprint density at radius 3 is 2.76 bits per heavy atom. The Morgan fingerprint density at radius 2 is 2.06 bits per heavy atom. The highest BCUT2D eigenvalue weighted by atomic mass is 16.4. The number of carbonyl (C=O) groups is 1. The molecule has 0 saturated heterocycles. The molecular weight excluding hydrogens is 214 g/mol. The highest BCUT2D eigenvalue weighted by Crippen LogP contribution is 2.34. The first kappa shape index (κ1) is 10.1. The molecule has 3 rings (SSSR count). The maximum Gasteiger partial charge on any atom is 0.310 e.